The molecule has 0 heterocycles. The average Bonchev–Trinajstić information content (AvgIpc) is 3.17. The predicted octanol–water partition coefficient (Wildman–Crippen LogP) is 0.0159. The van der Waals surface area contributed by atoms with Crippen LogP contribution in [0.5, 0.6) is 5.75 Å². The van der Waals surface area contributed by atoms with Gasteiger partial charge in [0.15, 0.2) is 0 Å². The Morgan fingerprint density at radius 1 is 0.475 bits per heavy atom. The number of benzene rings is 7. The third-order valence-corrected chi connectivity index (χ3v) is 11.5. The number of ether oxygens (including phenoxy) is 1. The average molecular weight is 906 g/mol. The summed E-state index contributed by atoms with van der Waals surface area (Å²) >= 11 is 0. The first-order valence-electron chi connectivity index (χ1n) is 16.6. The van der Waals surface area contributed by atoms with Crippen molar-refractivity contribution in [3.05, 3.63) is 115 Å². The van der Waals surface area contributed by atoms with Crippen molar-refractivity contribution < 1.29 is 132 Å². The van der Waals surface area contributed by atoms with Crippen molar-refractivity contribution in [1.82, 2.24) is 0 Å². The van der Waals surface area contributed by atoms with Gasteiger partial charge in [0.25, 0.3) is 0 Å². The van der Waals surface area contributed by atoms with E-state index in [2.05, 4.69) is 30.7 Å². The number of aryl methyl sites for hydroxylation is 1. The minimum absolute atomic E-state index is 0. The Morgan fingerprint density at radius 3 is 1.49 bits per heavy atom. The fraction of sp³-hybridized carbons (Fsp3) is 0.0526. The van der Waals surface area contributed by atoms with Crippen molar-refractivity contribution in [3.63, 3.8) is 0 Å². The number of nitrogen functional groups attached to an aromatic ring is 1. The van der Waals surface area contributed by atoms with Crippen molar-refractivity contribution in [2.75, 3.05) is 12.8 Å². The molecule has 7 aromatic carbocycles. The van der Waals surface area contributed by atoms with Gasteiger partial charge in [0.2, 0.25) is 0 Å². The van der Waals surface area contributed by atoms with Crippen LogP contribution in [0.4, 0.5) is 39.8 Å². The molecule has 7 aromatic rings. The topological polar surface area (TPSA) is 281 Å². The molecule has 23 heteroatoms. The van der Waals surface area contributed by atoms with E-state index in [1.165, 1.54) is 25.3 Å². The Kier molecular flexibility index (Phi) is 16.3. The number of methoxy groups -OCH3 is 1. The van der Waals surface area contributed by atoms with E-state index in [0.717, 1.165) is 30.3 Å². The quantitative estimate of drug-likeness (QED) is 0.0826. The van der Waals surface area contributed by atoms with Crippen LogP contribution in [0.25, 0.3) is 32.3 Å². The number of hydrogen-bond donors (Lipinski definition) is 1. The SMILES string of the molecule is COc1cc(N=Nc2ccc(N=Nc3ccc(N=Nc4cc(S(=O)(=O)[O-])c5cccc(S(=O)(=O)[O-])c5c4)c4ccccc34)c3ccc(S(=O)(=O)[O-])cc23)c(C)cc1N.[Na+].[Na+].[Na+]. The fourth-order valence-corrected chi connectivity index (χ4v) is 8.06. The molecule has 0 fully saturated rings. The molecule has 0 radical (unpaired) electrons. The van der Waals surface area contributed by atoms with Gasteiger partial charge in [-0.05, 0) is 73.2 Å². The van der Waals surface area contributed by atoms with Gasteiger partial charge >= 0.3 is 88.7 Å². The van der Waals surface area contributed by atoms with Crippen LogP contribution in [0.1, 0.15) is 5.56 Å². The minimum Gasteiger partial charge on any atom is -0.744 e. The molecule has 61 heavy (non-hydrogen) atoms. The molecule has 0 atom stereocenters. The van der Waals surface area contributed by atoms with Crippen molar-refractivity contribution in [2.24, 2.45) is 30.7 Å². The summed E-state index contributed by atoms with van der Waals surface area (Å²) in [5, 5.41) is 27.1. The van der Waals surface area contributed by atoms with Gasteiger partial charge in [0, 0.05) is 38.4 Å². The van der Waals surface area contributed by atoms with Crippen LogP contribution in [0.3, 0.4) is 0 Å². The monoisotopic (exact) mass is 905 g/mol. The zero-order valence-electron chi connectivity index (χ0n) is 33.0. The van der Waals surface area contributed by atoms with Crippen molar-refractivity contribution in [2.45, 2.75) is 21.6 Å². The molecular formula is C38H26N7Na3O10S3. The van der Waals surface area contributed by atoms with Gasteiger partial charge < -0.3 is 24.1 Å². The van der Waals surface area contributed by atoms with E-state index in [9.17, 15) is 38.9 Å². The van der Waals surface area contributed by atoms with E-state index in [0.29, 0.717) is 50.2 Å². The van der Waals surface area contributed by atoms with Crippen molar-refractivity contribution in [3.8, 4) is 5.75 Å². The summed E-state index contributed by atoms with van der Waals surface area (Å²) in [5.41, 5.74) is 8.48. The first kappa shape index (κ1) is 50.1. The Labute approximate surface area is 415 Å². The first-order valence-corrected chi connectivity index (χ1v) is 20.9. The van der Waals surface area contributed by atoms with E-state index in [4.69, 9.17) is 10.5 Å². The summed E-state index contributed by atoms with van der Waals surface area (Å²) in [6.07, 6.45) is 0. The van der Waals surface area contributed by atoms with Crippen molar-refractivity contribution >= 4 is 102 Å². The minimum atomic E-state index is -5.14. The maximum absolute atomic E-state index is 12.1. The number of fused-ring (bicyclic) bond motifs is 3. The molecule has 0 spiro atoms. The zero-order valence-corrected chi connectivity index (χ0v) is 41.4. The van der Waals surface area contributed by atoms with Crippen LogP contribution >= 0.6 is 0 Å². The van der Waals surface area contributed by atoms with E-state index in [-0.39, 0.29) is 122 Å². The Hall–Kier alpha value is -3.55. The maximum Gasteiger partial charge on any atom is 1.00 e. The van der Waals surface area contributed by atoms with Crippen LogP contribution in [-0.4, -0.2) is 46.0 Å². The van der Waals surface area contributed by atoms with Gasteiger partial charge in [0.05, 0.1) is 61.6 Å². The molecule has 0 aliphatic heterocycles. The number of anilines is 1. The molecule has 0 unspecified atom stereocenters. The molecule has 0 saturated carbocycles. The van der Waals surface area contributed by atoms with Gasteiger partial charge in [-0.2, -0.15) is 10.2 Å². The Morgan fingerprint density at radius 2 is 0.967 bits per heavy atom. The number of rotatable bonds is 10. The summed E-state index contributed by atoms with van der Waals surface area (Å²) in [5.74, 6) is 0.385. The molecule has 294 valence electrons. The predicted molar refractivity (Wildman–Crippen MR) is 210 cm³/mol. The summed E-state index contributed by atoms with van der Waals surface area (Å²) < 4.78 is 114. The van der Waals surface area contributed by atoms with E-state index in [1.807, 2.05) is 0 Å². The largest absolute Gasteiger partial charge is 1.00 e. The standard InChI is InChI=1S/C38H29N7O10S3.3Na/c1-21-16-30(39)36(55-2)20-35(21)45-44-34-15-14-33(26-11-10-23(19-28(26)34)56(46,47)48)43-42-32-13-12-31(24-6-3-4-7-25(24)32)41-40-22-17-29-27(38(18-22)58(52,53)54)8-5-9-37(29)57(49,50)51;;;/h3-20H,39H2,1-2H3,(H,46,47,48)(H,49,50,51)(H,52,53,54);;;/q;3*+1/p-3. The van der Waals surface area contributed by atoms with Gasteiger partial charge in [-0.25, -0.2) is 25.3 Å². The van der Waals surface area contributed by atoms with E-state index < -0.39 is 45.0 Å². The molecule has 2 N–H and O–H groups in total. The third kappa shape index (κ3) is 11.0. The molecule has 0 aliphatic carbocycles. The van der Waals surface area contributed by atoms with Crippen LogP contribution in [0.15, 0.2) is 155 Å². The van der Waals surface area contributed by atoms with Gasteiger partial charge in [-0.15, -0.1) is 20.5 Å². The first-order chi connectivity index (χ1) is 27.4. The summed E-state index contributed by atoms with van der Waals surface area (Å²) in [7, 11) is -13.6. The van der Waals surface area contributed by atoms with Gasteiger partial charge in [-0.1, -0.05) is 42.5 Å². The van der Waals surface area contributed by atoms with E-state index >= 15 is 0 Å². The second-order valence-electron chi connectivity index (χ2n) is 12.6. The molecule has 0 bridgehead atoms. The third-order valence-electron chi connectivity index (χ3n) is 8.90. The second-order valence-corrected chi connectivity index (χ2v) is 16.7. The number of nitrogens with two attached hydrogens (primary N) is 1. The molecule has 0 amide bonds. The molecular weight excluding hydrogens is 880 g/mol. The Bertz CT molecular complexity index is 3300. The normalized spacial score (nSPS) is 12.2. The smallest absolute Gasteiger partial charge is 0.744 e. The van der Waals surface area contributed by atoms with Gasteiger partial charge in [-0.3, -0.25) is 0 Å². The molecule has 0 aromatic heterocycles. The molecule has 7 rings (SSSR count). The second kappa shape index (κ2) is 19.9. The Balaban J connectivity index is 0.00000273. The molecule has 0 saturated heterocycles. The number of nitrogens with zero attached hydrogens (tertiary/aromatic N) is 6. The van der Waals surface area contributed by atoms with Crippen molar-refractivity contribution in [1.29, 1.82) is 0 Å². The summed E-state index contributed by atoms with van der Waals surface area (Å²) in [6.45, 7) is 1.78. The number of hydrogen-bond acceptors (Lipinski definition) is 17. The van der Waals surface area contributed by atoms with Gasteiger partial charge in [0.1, 0.15) is 36.1 Å². The van der Waals surface area contributed by atoms with Crippen LogP contribution in [0.2, 0.25) is 0 Å². The summed E-state index contributed by atoms with van der Waals surface area (Å²) in [4.78, 5) is -2.00. The fourth-order valence-electron chi connectivity index (χ4n) is 6.17. The maximum atomic E-state index is 12.1. The summed E-state index contributed by atoms with van der Waals surface area (Å²) in [6, 6.07) is 25.6. The van der Waals surface area contributed by atoms with Crippen LogP contribution < -0.4 is 99.1 Å². The number of azo groups is 3. The molecule has 0 aliphatic rings. The molecule has 17 nitrogen and oxygen atoms in total. The zero-order chi connectivity index (χ0) is 41.6. The van der Waals surface area contributed by atoms with Crippen LogP contribution in [0, 0.1) is 6.92 Å². The van der Waals surface area contributed by atoms with Crippen LogP contribution in [-0.2, 0) is 30.4 Å². The van der Waals surface area contributed by atoms with E-state index in [1.54, 1.807) is 67.6 Å².